The Morgan fingerprint density at radius 2 is 2.00 bits per heavy atom. The zero-order valence-electron chi connectivity index (χ0n) is 13.1. The molecule has 1 amide bonds. The van der Waals surface area contributed by atoms with E-state index in [4.69, 9.17) is 4.42 Å². The maximum atomic E-state index is 12.3. The largest absolute Gasteiger partial charge is 0.467 e. The average Bonchev–Trinajstić information content (AvgIpc) is 3.21. The fourth-order valence-corrected chi connectivity index (χ4v) is 3.59. The van der Waals surface area contributed by atoms with Gasteiger partial charge in [0.05, 0.1) is 6.26 Å². The number of nitrogens with zero attached hydrogens (tertiary/aromatic N) is 2. The lowest BCUT2D eigenvalue weighted by molar-refractivity contribution is -0.134. The molecule has 1 N–H and O–H groups in total. The SMILES string of the molecule is O=C(CC1CCCC1)N1CCN(CC(O)c2ccco2)CC1. The van der Waals surface area contributed by atoms with Crippen LogP contribution in [0.2, 0.25) is 0 Å². The minimum atomic E-state index is -0.587. The van der Waals surface area contributed by atoms with E-state index in [1.54, 1.807) is 18.4 Å². The summed E-state index contributed by atoms with van der Waals surface area (Å²) in [7, 11) is 0. The van der Waals surface area contributed by atoms with Gasteiger partial charge in [-0.2, -0.15) is 0 Å². The number of β-amino-alcohol motifs (C(OH)–C–C–N with tert-alkyl or cyclic N) is 1. The van der Waals surface area contributed by atoms with Gasteiger partial charge in [0, 0.05) is 39.1 Å². The number of hydrogen-bond donors (Lipinski definition) is 1. The molecule has 1 unspecified atom stereocenters. The van der Waals surface area contributed by atoms with Crippen LogP contribution in [0.5, 0.6) is 0 Å². The van der Waals surface area contributed by atoms with E-state index >= 15 is 0 Å². The second-order valence-electron chi connectivity index (χ2n) is 6.57. The summed E-state index contributed by atoms with van der Waals surface area (Å²) in [5.41, 5.74) is 0. The lowest BCUT2D eigenvalue weighted by Crippen LogP contribution is -2.49. The fraction of sp³-hybridized carbons (Fsp3) is 0.706. The Kier molecular flexibility index (Phi) is 5.16. The van der Waals surface area contributed by atoms with Crippen LogP contribution in [-0.4, -0.2) is 53.5 Å². The van der Waals surface area contributed by atoms with Gasteiger partial charge in [0.1, 0.15) is 11.9 Å². The Labute approximate surface area is 131 Å². The lowest BCUT2D eigenvalue weighted by Gasteiger charge is -2.35. The average molecular weight is 306 g/mol. The third kappa shape index (κ3) is 3.90. The molecule has 1 aromatic rings. The molecule has 2 heterocycles. The molecule has 5 nitrogen and oxygen atoms in total. The number of piperazine rings is 1. The van der Waals surface area contributed by atoms with Crippen molar-refractivity contribution >= 4 is 5.91 Å². The highest BCUT2D eigenvalue weighted by atomic mass is 16.4. The van der Waals surface area contributed by atoms with Gasteiger partial charge in [0.25, 0.3) is 0 Å². The molecular weight excluding hydrogens is 280 g/mol. The van der Waals surface area contributed by atoms with Crippen molar-refractivity contribution < 1.29 is 14.3 Å². The second-order valence-corrected chi connectivity index (χ2v) is 6.57. The second kappa shape index (κ2) is 7.29. The number of aliphatic hydroxyl groups is 1. The first-order chi connectivity index (χ1) is 10.7. The normalized spacial score (nSPS) is 22.1. The van der Waals surface area contributed by atoms with Crippen LogP contribution in [0, 0.1) is 5.92 Å². The molecule has 0 radical (unpaired) electrons. The van der Waals surface area contributed by atoms with Crippen molar-refractivity contribution in [3.63, 3.8) is 0 Å². The van der Waals surface area contributed by atoms with E-state index in [1.807, 2.05) is 4.90 Å². The summed E-state index contributed by atoms with van der Waals surface area (Å²) < 4.78 is 5.23. The van der Waals surface area contributed by atoms with Gasteiger partial charge in [-0.3, -0.25) is 9.69 Å². The molecule has 0 aromatic carbocycles. The Balaban J connectivity index is 1.41. The number of aliphatic hydroxyl groups excluding tert-OH is 1. The highest BCUT2D eigenvalue weighted by Crippen LogP contribution is 2.28. The standard InChI is InChI=1S/C17H26N2O3/c20-15(16-6-3-11-22-16)13-18-7-9-19(10-8-18)17(21)12-14-4-1-2-5-14/h3,6,11,14-15,20H,1-2,4-5,7-10,12-13H2. The van der Waals surface area contributed by atoms with Crippen molar-refractivity contribution in [1.29, 1.82) is 0 Å². The molecule has 3 rings (SSSR count). The first kappa shape index (κ1) is 15.6. The topological polar surface area (TPSA) is 56.9 Å². The number of amides is 1. The minimum absolute atomic E-state index is 0.318. The quantitative estimate of drug-likeness (QED) is 0.904. The van der Waals surface area contributed by atoms with Gasteiger partial charge in [-0.05, 0) is 30.9 Å². The lowest BCUT2D eigenvalue weighted by atomic mass is 10.0. The predicted molar refractivity (Wildman–Crippen MR) is 83.3 cm³/mol. The molecule has 2 fully saturated rings. The van der Waals surface area contributed by atoms with Gasteiger partial charge in [-0.1, -0.05) is 12.8 Å². The highest BCUT2D eigenvalue weighted by Gasteiger charge is 2.26. The Bertz CT molecular complexity index is 460. The molecule has 1 saturated carbocycles. The van der Waals surface area contributed by atoms with Crippen LogP contribution < -0.4 is 0 Å². The van der Waals surface area contributed by atoms with Gasteiger partial charge >= 0.3 is 0 Å². The minimum Gasteiger partial charge on any atom is -0.467 e. The van der Waals surface area contributed by atoms with Gasteiger partial charge in [0.2, 0.25) is 5.91 Å². The van der Waals surface area contributed by atoms with Crippen LogP contribution in [0.3, 0.4) is 0 Å². The zero-order valence-corrected chi connectivity index (χ0v) is 13.1. The molecule has 2 aliphatic rings. The number of carbonyl (C=O) groups is 1. The van der Waals surface area contributed by atoms with E-state index in [1.165, 1.54) is 25.7 Å². The zero-order chi connectivity index (χ0) is 15.4. The number of furan rings is 1. The van der Waals surface area contributed by atoms with E-state index < -0.39 is 6.10 Å². The summed E-state index contributed by atoms with van der Waals surface area (Å²) in [6.45, 7) is 3.77. The molecule has 122 valence electrons. The summed E-state index contributed by atoms with van der Waals surface area (Å²) >= 11 is 0. The first-order valence-corrected chi connectivity index (χ1v) is 8.44. The summed E-state index contributed by atoms with van der Waals surface area (Å²) in [6, 6.07) is 3.59. The Morgan fingerprint density at radius 3 is 2.64 bits per heavy atom. The molecule has 22 heavy (non-hydrogen) atoms. The molecular formula is C17H26N2O3. The van der Waals surface area contributed by atoms with Crippen molar-refractivity contribution in [2.24, 2.45) is 5.92 Å². The number of hydrogen-bond acceptors (Lipinski definition) is 4. The smallest absolute Gasteiger partial charge is 0.222 e. The molecule has 1 aliphatic carbocycles. The van der Waals surface area contributed by atoms with Crippen LogP contribution in [0.4, 0.5) is 0 Å². The maximum Gasteiger partial charge on any atom is 0.222 e. The maximum absolute atomic E-state index is 12.3. The Morgan fingerprint density at radius 1 is 1.27 bits per heavy atom. The van der Waals surface area contributed by atoms with Crippen LogP contribution in [0.15, 0.2) is 22.8 Å². The summed E-state index contributed by atoms with van der Waals surface area (Å²) in [4.78, 5) is 16.5. The Hall–Kier alpha value is -1.33. The van der Waals surface area contributed by atoms with Crippen LogP contribution >= 0.6 is 0 Å². The third-order valence-electron chi connectivity index (χ3n) is 4.97. The number of carbonyl (C=O) groups excluding carboxylic acids is 1. The van der Waals surface area contributed by atoms with Crippen molar-refractivity contribution in [3.8, 4) is 0 Å². The highest BCUT2D eigenvalue weighted by molar-refractivity contribution is 5.76. The van der Waals surface area contributed by atoms with Gasteiger partial charge in [-0.25, -0.2) is 0 Å². The monoisotopic (exact) mass is 306 g/mol. The molecule has 0 bridgehead atoms. The molecule has 5 heteroatoms. The molecule has 0 spiro atoms. The van der Waals surface area contributed by atoms with Crippen molar-refractivity contribution in [3.05, 3.63) is 24.2 Å². The van der Waals surface area contributed by atoms with E-state index in [9.17, 15) is 9.90 Å². The predicted octanol–water partition coefficient (Wildman–Crippen LogP) is 2.04. The summed E-state index contributed by atoms with van der Waals surface area (Å²) in [5, 5.41) is 10.1. The molecule has 1 saturated heterocycles. The molecule has 1 aliphatic heterocycles. The van der Waals surface area contributed by atoms with Crippen LogP contribution in [0.1, 0.15) is 44.0 Å². The molecule has 1 atom stereocenters. The summed E-state index contributed by atoms with van der Waals surface area (Å²) in [5.74, 6) is 1.55. The van der Waals surface area contributed by atoms with E-state index in [0.29, 0.717) is 24.1 Å². The van der Waals surface area contributed by atoms with E-state index in [-0.39, 0.29) is 0 Å². The van der Waals surface area contributed by atoms with Crippen molar-refractivity contribution in [2.45, 2.75) is 38.2 Å². The summed E-state index contributed by atoms with van der Waals surface area (Å²) in [6.07, 6.45) is 6.75. The van der Waals surface area contributed by atoms with E-state index in [2.05, 4.69) is 4.90 Å². The number of rotatable bonds is 5. The van der Waals surface area contributed by atoms with Crippen LogP contribution in [0.25, 0.3) is 0 Å². The third-order valence-corrected chi connectivity index (χ3v) is 4.97. The van der Waals surface area contributed by atoms with Crippen LogP contribution in [-0.2, 0) is 4.79 Å². The van der Waals surface area contributed by atoms with Crippen molar-refractivity contribution in [2.75, 3.05) is 32.7 Å². The molecule has 1 aromatic heterocycles. The van der Waals surface area contributed by atoms with E-state index in [0.717, 1.165) is 32.6 Å². The fourth-order valence-electron chi connectivity index (χ4n) is 3.59. The van der Waals surface area contributed by atoms with Gasteiger partial charge in [-0.15, -0.1) is 0 Å². The van der Waals surface area contributed by atoms with Crippen molar-refractivity contribution in [1.82, 2.24) is 9.80 Å². The van der Waals surface area contributed by atoms with Gasteiger partial charge < -0.3 is 14.4 Å². The first-order valence-electron chi connectivity index (χ1n) is 8.44. The van der Waals surface area contributed by atoms with Gasteiger partial charge in [0.15, 0.2) is 0 Å².